The predicted octanol–water partition coefficient (Wildman–Crippen LogP) is -0.784. The number of aliphatic carboxylic acids is 1. The summed E-state index contributed by atoms with van der Waals surface area (Å²) >= 11 is 0. The SMILES string of the molecule is COC1(C(=O)O)CC(O)C(NC(=O)OCCC(C)(C)OCCC(C)(C)OO)C(C(O)C(O)CO)O1. The van der Waals surface area contributed by atoms with Crippen LogP contribution in [0.1, 0.15) is 47.0 Å². The number of ether oxygens (including phenoxy) is 4. The van der Waals surface area contributed by atoms with E-state index in [2.05, 4.69) is 10.2 Å². The summed E-state index contributed by atoms with van der Waals surface area (Å²) in [6.45, 7) is 6.23. The maximum atomic E-state index is 12.4. The van der Waals surface area contributed by atoms with Crippen molar-refractivity contribution in [2.24, 2.45) is 0 Å². The Hall–Kier alpha value is -1.62. The molecule has 1 heterocycles. The van der Waals surface area contributed by atoms with Crippen LogP contribution in [0.15, 0.2) is 0 Å². The highest BCUT2D eigenvalue weighted by molar-refractivity contribution is 5.76. The normalized spacial score (nSPS) is 27.2. The average Bonchev–Trinajstić information content (AvgIpc) is 2.78. The summed E-state index contributed by atoms with van der Waals surface area (Å²) in [4.78, 5) is 28.4. The number of nitrogens with one attached hydrogen (secondary N) is 1. The number of carboxylic acid groups (broad SMARTS) is 1. The third-order valence-corrected chi connectivity index (χ3v) is 5.81. The Morgan fingerprint density at radius 3 is 2.26 bits per heavy atom. The van der Waals surface area contributed by atoms with Gasteiger partial charge in [-0.3, -0.25) is 5.26 Å². The molecule has 0 spiro atoms. The van der Waals surface area contributed by atoms with Gasteiger partial charge in [0.15, 0.2) is 0 Å². The molecule has 1 fully saturated rings. The molecular formula is C21H39NO13. The number of hydrogen-bond acceptors (Lipinski definition) is 12. The minimum atomic E-state index is -2.35. The van der Waals surface area contributed by atoms with Crippen molar-refractivity contribution in [2.75, 3.05) is 26.9 Å². The van der Waals surface area contributed by atoms with E-state index in [1.165, 1.54) is 0 Å². The molecule has 35 heavy (non-hydrogen) atoms. The number of amides is 1. The van der Waals surface area contributed by atoms with Crippen molar-refractivity contribution in [3.63, 3.8) is 0 Å². The number of aliphatic hydroxyl groups excluding tert-OH is 4. The highest BCUT2D eigenvalue weighted by Gasteiger charge is 2.55. The van der Waals surface area contributed by atoms with Crippen LogP contribution in [0.3, 0.4) is 0 Å². The van der Waals surface area contributed by atoms with Crippen LogP contribution in [0.2, 0.25) is 0 Å². The van der Waals surface area contributed by atoms with Gasteiger partial charge in [0.1, 0.15) is 18.3 Å². The molecule has 1 amide bonds. The van der Waals surface area contributed by atoms with Crippen molar-refractivity contribution in [3.8, 4) is 0 Å². The maximum Gasteiger partial charge on any atom is 0.407 e. The first kappa shape index (κ1) is 31.4. The summed E-state index contributed by atoms with van der Waals surface area (Å²) in [6.07, 6.45) is -7.78. The molecule has 0 aliphatic carbocycles. The molecule has 1 aliphatic heterocycles. The lowest BCUT2D eigenvalue weighted by Gasteiger charge is -2.45. The second kappa shape index (κ2) is 13.1. The van der Waals surface area contributed by atoms with Gasteiger partial charge in [0.25, 0.3) is 5.79 Å². The molecule has 14 heteroatoms. The molecule has 14 nitrogen and oxygen atoms in total. The van der Waals surface area contributed by atoms with Crippen LogP contribution in [-0.2, 0) is 28.6 Å². The Balaban J connectivity index is 2.76. The minimum absolute atomic E-state index is 0.0913. The van der Waals surface area contributed by atoms with Crippen LogP contribution < -0.4 is 5.32 Å². The van der Waals surface area contributed by atoms with Crippen LogP contribution in [0.4, 0.5) is 4.79 Å². The maximum absolute atomic E-state index is 12.4. The van der Waals surface area contributed by atoms with E-state index in [0.29, 0.717) is 6.42 Å². The third-order valence-electron chi connectivity index (χ3n) is 5.81. The van der Waals surface area contributed by atoms with Crippen molar-refractivity contribution in [1.82, 2.24) is 5.32 Å². The first-order valence-electron chi connectivity index (χ1n) is 11.1. The zero-order chi connectivity index (χ0) is 27.0. The summed E-state index contributed by atoms with van der Waals surface area (Å²) in [7, 11) is 1.02. The lowest BCUT2D eigenvalue weighted by atomic mass is 9.88. The number of carbonyl (C=O) groups is 2. The Morgan fingerprint density at radius 1 is 1.14 bits per heavy atom. The van der Waals surface area contributed by atoms with Crippen molar-refractivity contribution in [2.45, 2.75) is 94.4 Å². The van der Waals surface area contributed by atoms with Crippen LogP contribution in [-0.4, -0.2) is 117 Å². The second-order valence-corrected chi connectivity index (χ2v) is 9.62. The molecule has 7 N–H and O–H groups in total. The van der Waals surface area contributed by atoms with Crippen LogP contribution >= 0.6 is 0 Å². The molecule has 0 bridgehead atoms. The largest absolute Gasteiger partial charge is 0.477 e. The number of hydrogen-bond donors (Lipinski definition) is 7. The van der Waals surface area contributed by atoms with E-state index in [-0.39, 0.29) is 19.6 Å². The van der Waals surface area contributed by atoms with E-state index in [9.17, 15) is 30.0 Å². The molecule has 6 atom stereocenters. The molecule has 0 saturated carbocycles. The fraction of sp³-hybridized carbons (Fsp3) is 0.905. The van der Waals surface area contributed by atoms with E-state index >= 15 is 0 Å². The zero-order valence-corrected chi connectivity index (χ0v) is 20.7. The summed E-state index contributed by atoms with van der Waals surface area (Å²) in [5, 5.41) is 60.5. The average molecular weight is 514 g/mol. The number of carbonyl (C=O) groups excluding carboxylic acids is 1. The Morgan fingerprint density at radius 2 is 1.74 bits per heavy atom. The smallest absolute Gasteiger partial charge is 0.407 e. The number of methoxy groups -OCH3 is 1. The molecule has 6 unspecified atom stereocenters. The lowest BCUT2D eigenvalue weighted by molar-refractivity contribution is -0.316. The highest BCUT2D eigenvalue weighted by atomic mass is 17.1. The van der Waals surface area contributed by atoms with Crippen molar-refractivity contribution < 1.29 is 64.2 Å². The summed E-state index contributed by atoms with van der Waals surface area (Å²) in [5.41, 5.74) is -1.47. The fourth-order valence-corrected chi connectivity index (χ4v) is 3.36. The third kappa shape index (κ3) is 9.08. The van der Waals surface area contributed by atoms with Gasteiger partial charge in [-0.2, -0.15) is 0 Å². The van der Waals surface area contributed by atoms with Crippen LogP contribution in [0, 0.1) is 0 Å². The van der Waals surface area contributed by atoms with Gasteiger partial charge in [-0.1, -0.05) is 0 Å². The minimum Gasteiger partial charge on any atom is -0.477 e. The number of carboxylic acids is 1. The van der Waals surface area contributed by atoms with Crippen LogP contribution in [0.5, 0.6) is 0 Å². The van der Waals surface area contributed by atoms with Gasteiger partial charge in [0, 0.05) is 26.4 Å². The van der Waals surface area contributed by atoms with Crippen LogP contribution in [0.25, 0.3) is 0 Å². The van der Waals surface area contributed by atoms with Gasteiger partial charge in [0.05, 0.1) is 43.2 Å². The van der Waals surface area contributed by atoms with Gasteiger partial charge in [-0.15, -0.1) is 0 Å². The lowest BCUT2D eigenvalue weighted by Crippen LogP contribution is -2.67. The standard InChI is InChI=1S/C21H39NO13/c1-19(2,33-9-7-20(3,4)35-30)6-8-32-18(29)22-14-12(24)10-21(31-5,17(27)28)34-16(14)15(26)13(25)11-23/h12-16,23-26,30H,6-11H2,1-5H3,(H,22,29)(H,27,28). The van der Waals surface area contributed by atoms with Crippen molar-refractivity contribution in [1.29, 1.82) is 0 Å². The van der Waals surface area contributed by atoms with Gasteiger partial charge in [0.2, 0.25) is 0 Å². The van der Waals surface area contributed by atoms with E-state index in [1.54, 1.807) is 27.7 Å². The molecular weight excluding hydrogens is 474 g/mol. The predicted molar refractivity (Wildman–Crippen MR) is 117 cm³/mol. The summed E-state index contributed by atoms with van der Waals surface area (Å²) in [6, 6.07) is -1.40. The molecule has 1 saturated heterocycles. The van der Waals surface area contributed by atoms with Gasteiger partial charge in [-0.05, 0) is 27.7 Å². The highest BCUT2D eigenvalue weighted by Crippen LogP contribution is 2.33. The molecule has 1 aliphatic rings. The van der Waals surface area contributed by atoms with Crippen molar-refractivity contribution >= 4 is 12.1 Å². The Labute approximate surface area is 203 Å². The molecule has 0 aromatic rings. The molecule has 0 radical (unpaired) electrons. The monoisotopic (exact) mass is 513 g/mol. The number of rotatable bonds is 14. The zero-order valence-electron chi connectivity index (χ0n) is 20.7. The fourth-order valence-electron chi connectivity index (χ4n) is 3.36. The number of aliphatic hydroxyl groups is 4. The summed E-state index contributed by atoms with van der Waals surface area (Å²) < 4.78 is 21.2. The molecule has 1 rings (SSSR count). The quantitative estimate of drug-likeness (QED) is 0.112. The summed E-state index contributed by atoms with van der Waals surface area (Å²) in [5.74, 6) is -3.94. The molecule has 0 aromatic heterocycles. The first-order chi connectivity index (χ1) is 16.1. The van der Waals surface area contributed by atoms with E-state index in [4.69, 9.17) is 29.3 Å². The van der Waals surface area contributed by atoms with Gasteiger partial charge >= 0.3 is 12.1 Å². The second-order valence-electron chi connectivity index (χ2n) is 9.62. The topological polar surface area (TPSA) is 214 Å². The number of alkyl carbamates (subject to hydrolysis) is 1. The molecule has 0 aromatic carbocycles. The van der Waals surface area contributed by atoms with Gasteiger partial charge < -0.3 is 49.8 Å². The molecule has 206 valence electrons. The Bertz CT molecular complexity index is 688. The Kier molecular flexibility index (Phi) is 11.7. The van der Waals surface area contributed by atoms with Crippen molar-refractivity contribution in [3.05, 3.63) is 0 Å². The van der Waals surface area contributed by atoms with E-state index < -0.39 is 72.5 Å². The van der Waals surface area contributed by atoms with Gasteiger partial charge in [-0.25, -0.2) is 14.5 Å². The van der Waals surface area contributed by atoms with E-state index in [1.807, 2.05) is 0 Å². The first-order valence-corrected chi connectivity index (χ1v) is 11.1. The van der Waals surface area contributed by atoms with E-state index in [0.717, 1.165) is 7.11 Å².